The lowest BCUT2D eigenvalue weighted by Crippen LogP contribution is -2.54. The Balaban J connectivity index is 2.72. The standard InChI is InChI=1S/C14H28N2O2/c1-6-11(15-5)12-9-7-8-10-16(12)13(17)18-14(2,3)4/h11-12,15H,6-10H2,1-5H3/t11-,12-/m0/s1. The molecule has 1 aliphatic heterocycles. The van der Waals surface area contributed by atoms with Crippen molar-refractivity contribution in [3.8, 4) is 0 Å². The van der Waals surface area contributed by atoms with E-state index >= 15 is 0 Å². The van der Waals surface area contributed by atoms with Crippen LogP contribution in [0, 0.1) is 0 Å². The molecule has 1 heterocycles. The Hall–Kier alpha value is -0.770. The van der Waals surface area contributed by atoms with Crippen LogP contribution < -0.4 is 5.32 Å². The van der Waals surface area contributed by atoms with Crippen LogP contribution in [-0.2, 0) is 4.74 Å². The summed E-state index contributed by atoms with van der Waals surface area (Å²) in [5, 5.41) is 3.32. The Morgan fingerprint density at radius 1 is 1.44 bits per heavy atom. The van der Waals surface area contributed by atoms with Gasteiger partial charge in [0.25, 0.3) is 0 Å². The molecule has 0 radical (unpaired) electrons. The van der Waals surface area contributed by atoms with Crippen LogP contribution in [0.5, 0.6) is 0 Å². The molecule has 106 valence electrons. The smallest absolute Gasteiger partial charge is 0.410 e. The van der Waals surface area contributed by atoms with E-state index in [0.29, 0.717) is 6.04 Å². The lowest BCUT2D eigenvalue weighted by Gasteiger charge is -2.40. The number of hydrogen-bond acceptors (Lipinski definition) is 3. The van der Waals surface area contributed by atoms with Crippen molar-refractivity contribution in [2.75, 3.05) is 13.6 Å². The third-order valence-corrected chi connectivity index (χ3v) is 3.45. The van der Waals surface area contributed by atoms with Crippen LogP contribution >= 0.6 is 0 Å². The van der Waals surface area contributed by atoms with Gasteiger partial charge in [0.05, 0.1) is 6.04 Å². The SMILES string of the molecule is CC[C@H](NC)[C@@H]1CCCCN1C(=O)OC(C)(C)C. The first-order chi connectivity index (χ1) is 8.39. The van der Waals surface area contributed by atoms with E-state index < -0.39 is 5.60 Å². The van der Waals surface area contributed by atoms with Gasteiger partial charge in [0.2, 0.25) is 0 Å². The molecule has 18 heavy (non-hydrogen) atoms. The fraction of sp³-hybridized carbons (Fsp3) is 0.929. The van der Waals surface area contributed by atoms with E-state index in [1.165, 1.54) is 6.42 Å². The van der Waals surface area contributed by atoms with Crippen LogP contribution in [0.1, 0.15) is 53.4 Å². The van der Waals surface area contributed by atoms with Gasteiger partial charge >= 0.3 is 6.09 Å². The van der Waals surface area contributed by atoms with Crippen LogP contribution in [0.2, 0.25) is 0 Å². The lowest BCUT2D eigenvalue weighted by atomic mass is 9.94. The summed E-state index contributed by atoms with van der Waals surface area (Å²) in [6.07, 6.45) is 4.21. The van der Waals surface area contributed by atoms with Gasteiger partial charge in [-0.25, -0.2) is 4.79 Å². The summed E-state index contributed by atoms with van der Waals surface area (Å²) in [5.41, 5.74) is -0.416. The Kier molecular flexibility index (Phi) is 5.45. The second-order valence-corrected chi connectivity index (χ2v) is 6.04. The van der Waals surface area contributed by atoms with Gasteiger partial charge < -0.3 is 15.0 Å². The minimum atomic E-state index is -0.416. The van der Waals surface area contributed by atoms with Crippen LogP contribution in [0.15, 0.2) is 0 Å². The lowest BCUT2D eigenvalue weighted by molar-refractivity contribution is 0.00492. The zero-order valence-corrected chi connectivity index (χ0v) is 12.5. The molecule has 0 aliphatic carbocycles. The van der Waals surface area contributed by atoms with Gasteiger partial charge in [-0.2, -0.15) is 0 Å². The minimum Gasteiger partial charge on any atom is -0.444 e. The maximum Gasteiger partial charge on any atom is 0.410 e. The second kappa shape index (κ2) is 6.41. The number of amides is 1. The third kappa shape index (κ3) is 4.16. The number of likely N-dealkylation sites (tertiary alicyclic amines) is 1. The molecule has 0 aromatic carbocycles. The van der Waals surface area contributed by atoms with Gasteiger partial charge in [-0.3, -0.25) is 0 Å². The van der Waals surface area contributed by atoms with Gasteiger partial charge in [-0.05, 0) is 53.5 Å². The molecule has 0 aromatic rings. The van der Waals surface area contributed by atoms with Crippen molar-refractivity contribution in [3.63, 3.8) is 0 Å². The Labute approximate surface area is 111 Å². The van der Waals surface area contributed by atoms with Crippen molar-refractivity contribution in [3.05, 3.63) is 0 Å². The van der Waals surface area contributed by atoms with Crippen molar-refractivity contribution in [2.24, 2.45) is 0 Å². The Morgan fingerprint density at radius 3 is 2.61 bits per heavy atom. The Morgan fingerprint density at radius 2 is 2.11 bits per heavy atom. The van der Waals surface area contributed by atoms with Gasteiger partial charge in [-0.15, -0.1) is 0 Å². The topological polar surface area (TPSA) is 41.6 Å². The zero-order chi connectivity index (χ0) is 13.8. The molecule has 1 aliphatic rings. The van der Waals surface area contributed by atoms with Crippen LogP contribution in [0.4, 0.5) is 4.79 Å². The fourth-order valence-electron chi connectivity index (χ4n) is 2.59. The molecule has 4 nitrogen and oxygen atoms in total. The largest absolute Gasteiger partial charge is 0.444 e. The predicted molar refractivity (Wildman–Crippen MR) is 73.7 cm³/mol. The summed E-state index contributed by atoms with van der Waals surface area (Å²) in [7, 11) is 1.97. The Bertz CT molecular complexity index is 269. The monoisotopic (exact) mass is 256 g/mol. The number of nitrogens with one attached hydrogen (secondary N) is 1. The number of carbonyl (C=O) groups excluding carboxylic acids is 1. The summed E-state index contributed by atoms with van der Waals surface area (Å²) in [5.74, 6) is 0. The molecular formula is C14H28N2O2. The second-order valence-electron chi connectivity index (χ2n) is 6.04. The number of hydrogen-bond donors (Lipinski definition) is 1. The molecular weight excluding hydrogens is 228 g/mol. The maximum absolute atomic E-state index is 12.2. The minimum absolute atomic E-state index is 0.166. The highest BCUT2D eigenvalue weighted by Crippen LogP contribution is 2.23. The molecule has 1 rings (SSSR count). The van der Waals surface area contributed by atoms with E-state index in [4.69, 9.17) is 4.74 Å². The van der Waals surface area contributed by atoms with Gasteiger partial charge in [0.15, 0.2) is 0 Å². The predicted octanol–water partition coefficient (Wildman–Crippen LogP) is 2.77. The molecule has 1 fully saturated rings. The number of nitrogens with zero attached hydrogens (tertiary/aromatic N) is 1. The average Bonchev–Trinajstić information content (AvgIpc) is 2.29. The normalized spacial score (nSPS) is 22.7. The average molecular weight is 256 g/mol. The molecule has 4 heteroatoms. The van der Waals surface area contributed by atoms with E-state index in [2.05, 4.69) is 12.2 Å². The molecule has 2 atom stereocenters. The van der Waals surface area contributed by atoms with E-state index in [1.54, 1.807) is 0 Å². The summed E-state index contributed by atoms with van der Waals surface area (Å²) in [6.45, 7) is 8.72. The number of ether oxygens (including phenoxy) is 1. The molecule has 1 N–H and O–H groups in total. The van der Waals surface area contributed by atoms with Gasteiger partial charge in [-0.1, -0.05) is 6.92 Å². The summed E-state index contributed by atoms with van der Waals surface area (Å²) in [6, 6.07) is 0.626. The highest BCUT2D eigenvalue weighted by molar-refractivity contribution is 5.68. The molecule has 1 saturated heterocycles. The summed E-state index contributed by atoms with van der Waals surface area (Å²) < 4.78 is 5.51. The van der Waals surface area contributed by atoms with E-state index in [0.717, 1.165) is 25.8 Å². The van der Waals surface area contributed by atoms with E-state index in [-0.39, 0.29) is 12.1 Å². The quantitative estimate of drug-likeness (QED) is 0.844. The van der Waals surface area contributed by atoms with E-state index in [1.807, 2.05) is 32.7 Å². The molecule has 0 aromatic heterocycles. The maximum atomic E-state index is 12.2. The first kappa shape index (κ1) is 15.3. The summed E-state index contributed by atoms with van der Waals surface area (Å²) in [4.78, 5) is 14.2. The van der Waals surface area contributed by atoms with Crippen molar-refractivity contribution in [1.29, 1.82) is 0 Å². The van der Waals surface area contributed by atoms with Crippen molar-refractivity contribution in [1.82, 2.24) is 10.2 Å². The molecule has 0 spiro atoms. The number of likely N-dealkylation sites (N-methyl/N-ethyl adjacent to an activating group) is 1. The van der Waals surface area contributed by atoms with Crippen molar-refractivity contribution >= 4 is 6.09 Å². The van der Waals surface area contributed by atoms with Crippen LogP contribution in [0.25, 0.3) is 0 Å². The summed E-state index contributed by atoms with van der Waals surface area (Å²) >= 11 is 0. The molecule has 0 bridgehead atoms. The van der Waals surface area contributed by atoms with Crippen molar-refractivity contribution < 1.29 is 9.53 Å². The molecule has 0 unspecified atom stereocenters. The number of rotatable bonds is 3. The number of carbonyl (C=O) groups is 1. The first-order valence-corrected chi connectivity index (χ1v) is 7.06. The van der Waals surface area contributed by atoms with Gasteiger partial charge in [0, 0.05) is 12.6 Å². The first-order valence-electron chi connectivity index (χ1n) is 7.06. The zero-order valence-electron chi connectivity index (χ0n) is 12.5. The highest BCUT2D eigenvalue weighted by atomic mass is 16.6. The fourth-order valence-corrected chi connectivity index (χ4v) is 2.59. The van der Waals surface area contributed by atoms with Gasteiger partial charge in [0.1, 0.15) is 5.60 Å². The van der Waals surface area contributed by atoms with Crippen molar-refractivity contribution in [2.45, 2.75) is 71.1 Å². The highest BCUT2D eigenvalue weighted by Gasteiger charge is 2.33. The third-order valence-electron chi connectivity index (χ3n) is 3.45. The molecule has 1 amide bonds. The van der Waals surface area contributed by atoms with E-state index in [9.17, 15) is 4.79 Å². The van der Waals surface area contributed by atoms with Crippen LogP contribution in [-0.4, -0.2) is 42.3 Å². The molecule has 0 saturated carbocycles. The van der Waals surface area contributed by atoms with Crippen LogP contribution in [0.3, 0.4) is 0 Å². The number of piperidine rings is 1.